The topological polar surface area (TPSA) is 49.4 Å². The molecule has 3 rings (SSSR count). The van der Waals surface area contributed by atoms with E-state index in [9.17, 15) is 9.59 Å². The number of halogens is 3. The SMILES string of the molecule is CCNC(=O)[C@@H](Cc1ccccc1)N(Cc1ccccc1Cl)C(=O)CSCc1c(Cl)cccc1Cl. The lowest BCUT2D eigenvalue weighted by atomic mass is 10.0. The fourth-order valence-corrected chi connectivity index (χ4v) is 5.49. The van der Waals surface area contributed by atoms with Crippen LogP contribution in [-0.4, -0.2) is 35.1 Å². The van der Waals surface area contributed by atoms with Crippen molar-refractivity contribution in [2.45, 2.75) is 31.7 Å². The third kappa shape index (κ3) is 7.91. The summed E-state index contributed by atoms with van der Waals surface area (Å²) in [6, 6.07) is 21.7. The first kappa shape index (κ1) is 27.4. The lowest BCUT2D eigenvalue weighted by molar-refractivity contribution is -0.139. The number of hydrogen-bond acceptors (Lipinski definition) is 3. The predicted octanol–water partition coefficient (Wildman–Crippen LogP) is 6.66. The van der Waals surface area contributed by atoms with E-state index in [2.05, 4.69) is 5.32 Å². The van der Waals surface area contributed by atoms with Crippen LogP contribution in [-0.2, 0) is 28.3 Å². The smallest absolute Gasteiger partial charge is 0.243 e. The number of carbonyl (C=O) groups excluding carboxylic acids is 2. The van der Waals surface area contributed by atoms with Gasteiger partial charge in [0.25, 0.3) is 0 Å². The van der Waals surface area contributed by atoms with Gasteiger partial charge < -0.3 is 10.2 Å². The van der Waals surface area contributed by atoms with Crippen LogP contribution in [0.15, 0.2) is 72.8 Å². The Morgan fingerprint density at radius 1 is 0.886 bits per heavy atom. The fraction of sp³-hybridized carbons (Fsp3) is 0.259. The standard InChI is InChI=1S/C27H27Cl3N2O2S/c1-2-31-27(34)25(15-19-9-4-3-5-10-19)32(16-20-11-6-7-12-22(20)28)26(33)18-35-17-21-23(29)13-8-14-24(21)30/h3-14,25H,2,15-18H2,1H3,(H,31,34)/t25-/m1/s1. The molecule has 35 heavy (non-hydrogen) atoms. The molecular formula is C27H27Cl3N2O2S. The second-order valence-electron chi connectivity index (χ2n) is 7.91. The Morgan fingerprint density at radius 3 is 2.17 bits per heavy atom. The van der Waals surface area contributed by atoms with Crippen LogP contribution in [0.2, 0.25) is 15.1 Å². The van der Waals surface area contributed by atoms with Crippen molar-refractivity contribution in [2.24, 2.45) is 0 Å². The highest BCUT2D eigenvalue weighted by Gasteiger charge is 2.30. The molecule has 0 saturated carbocycles. The maximum Gasteiger partial charge on any atom is 0.243 e. The molecule has 4 nitrogen and oxygen atoms in total. The van der Waals surface area contributed by atoms with Crippen LogP contribution in [0.25, 0.3) is 0 Å². The molecule has 0 radical (unpaired) electrons. The quantitative estimate of drug-likeness (QED) is 0.291. The first-order valence-electron chi connectivity index (χ1n) is 11.3. The highest BCUT2D eigenvalue weighted by molar-refractivity contribution is 7.99. The first-order valence-corrected chi connectivity index (χ1v) is 13.5. The minimum absolute atomic E-state index is 0.162. The van der Waals surface area contributed by atoms with Gasteiger partial charge in [0, 0.05) is 40.3 Å². The molecule has 8 heteroatoms. The molecule has 0 spiro atoms. The summed E-state index contributed by atoms with van der Waals surface area (Å²) < 4.78 is 0. The lowest BCUT2D eigenvalue weighted by Crippen LogP contribution is -2.51. The molecule has 2 amide bonds. The van der Waals surface area contributed by atoms with E-state index in [1.807, 2.05) is 55.5 Å². The molecule has 1 atom stereocenters. The normalized spacial score (nSPS) is 11.7. The van der Waals surface area contributed by atoms with Crippen molar-refractivity contribution >= 4 is 58.4 Å². The zero-order valence-electron chi connectivity index (χ0n) is 19.3. The van der Waals surface area contributed by atoms with E-state index in [-0.39, 0.29) is 24.1 Å². The minimum Gasteiger partial charge on any atom is -0.355 e. The molecule has 184 valence electrons. The molecule has 0 unspecified atom stereocenters. The Balaban J connectivity index is 1.86. The number of benzene rings is 3. The van der Waals surface area contributed by atoms with Gasteiger partial charge in [-0.15, -0.1) is 11.8 Å². The number of carbonyl (C=O) groups is 2. The van der Waals surface area contributed by atoms with Crippen LogP contribution >= 0.6 is 46.6 Å². The zero-order valence-corrected chi connectivity index (χ0v) is 22.4. The molecule has 0 aromatic heterocycles. The van der Waals surface area contributed by atoms with Crippen LogP contribution in [0.3, 0.4) is 0 Å². The Morgan fingerprint density at radius 2 is 1.51 bits per heavy atom. The summed E-state index contributed by atoms with van der Waals surface area (Å²) in [4.78, 5) is 28.4. The van der Waals surface area contributed by atoms with Crippen molar-refractivity contribution in [1.82, 2.24) is 10.2 Å². The molecule has 0 fully saturated rings. The predicted molar refractivity (Wildman–Crippen MR) is 147 cm³/mol. The van der Waals surface area contributed by atoms with E-state index in [0.29, 0.717) is 33.8 Å². The van der Waals surface area contributed by atoms with E-state index >= 15 is 0 Å². The Kier molecular flexibility index (Phi) is 10.8. The molecule has 0 heterocycles. The van der Waals surface area contributed by atoms with Gasteiger partial charge in [-0.1, -0.05) is 89.4 Å². The van der Waals surface area contributed by atoms with E-state index in [1.165, 1.54) is 11.8 Å². The highest BCUT2D eigenvalue weighted by atomic mass is 35.5. The van der Waals surface area contributed by atoms with Gasteiger partial charge >= 0.3 is 0 Å². The van der Waals surface area contributed by atoms with Crippen LogP contribution < -0.4 is 5.32 Å². The van der Waals surface area contributed by atoms with E-state index in [0.717, 1.165) is 16.7 Å². The Hall–Kier alpha value is -2.18. The maximum absolute atomic E-state index is 13.6. The zero-order chi connectivity index (χ0) is 25.2. The molecule has 1 N–H and O–H groups in total. The number of likely N-dealkylation sites (N-methyl/N-ethyl adjacent to an activating group) is 1. The Bertz CT molecular complexity index is 1120. The number of amides is 2. The number of nitrogens with zero attached hydrogens (tertiary/aromatic N) is 1. The third-order valence-electron chi connectivity index (χ3n) is 5.45. The molecule has 0 aliphatic heterocycles. The monoisotopic (exact) mass is 548 g/mol. The van der Waals surface area contributed by atoms with E-state index in [1.54, 1.807) is 29.2 Å². The van der Waals surface area contributed by atoms with Gasteiger partial charge in [-0.3, -0.25) is 9.59 Å². The van der Waals surface area contributed by atoms with Gasteiger partial charge in [0.2, 0.25) is 11.8 Å². The van der Waals surface area contributed by atoms with Gasteiger partial charge in [0.1, 0.15) is 6.04 Å². The molecule has 0 saturated heterocycles. The van der Waals surface area contributed by atoms with Crippen molar-refractivity contribution in [2.75, 3.05) is 12.3 Å². The number of hydrogen-bond donors (Lipinski definition) is 1. The average Bonchev–Trinajstić information content (AvgIpc) is 2.85. The largest absolute Gasteiger partial charge is 0.355 e. The van der Waals surface area contributed by atoms with E-state index < -0.39 is 6.04 Å². The minimum atomic E-state index is -0.689. The van der Waals surface area contributed by atoms with Gasteiger partial charge in [0.15, 0.2) is 0 Å². The van der Waals surface area contributed by atoms with Crippen molar-refractivity contribution in [1.29, 1.82) is 0 Å². The fourth-order valence-electron chi connectivity index (χ4n) is 3.65. The molecule has 3 aromatic rings. The first-order chi connectivity index (χ1) is 16.9. The summed E-state index contributed by atoms with van der Waals surface area (Å²) in [6.07, 6.45) is 0.393. The second-order valence-corrected chi connectivity index (χ2v) is 10.1. The van der Waals surface area contributed by atoms with Crippen molar-refractivity contribution < 1.29 is 9.59 Å². The third-order valence-corrected chi connectivity index (χ3v) is 7.48. The number of nitrogens with one attached hydrogen (secondary N) is 1. The molecule has 0 bridgehead atoms. The van der Waals surface area contributed by atoms with Gasteiger partial charge in [-0.25, -0.2) is 0 Å². The maximum atomic E-state index is 13.6. The van der Waals surface area contributed by atoms with Gasteiger partial charge in [0.05, 0.1) is 5.75 Å². The summed E-state index contributed by atoms with van der Waals surface area (Å²) in [7, 11) is 0. The second kappa shape index (κ2) is 13.8. The molecule has 3 aromatic carbocycles. The molecule has 0 aliphatic carbocycles. The van der Waals surface area contributed by atoms with Crippen molar-refractivity contribution in [3.8, 4) is 0 Å². The Labute approximate surface area is 225 Å². The summed E-state index contributed by atoms with van der Waals surface area (Å²) in [6.45, 7) is 2.56. The molecule has 0 aliphatic rings. The average molecular weight is 550 g/mol. The summed E-state index contributed by atoms with van der Waals surface area (Å²) in [5, 5.41) is 4.57. The summed E-state index contributed by atoms with van der Waals surface area (Å²) in [5.41, 5.74) is 2.54. The summed E-state index contributed by atoms with van der Waals surface area (Å²) >= 11 is 20.4. The lowest BCUT2D eigenvalue weighted by Gasteiger charge is -2.31. The van der Waals surface area contributed by atoms with Gasteiger partial charge in [-0.2, -0.15) is 0 Å². The number of thioether (sulfide) groups is 1. The van der Waals surface area contributed by atoms with Crippen molar-refractivity contribution in [3.63, 3.8) is 0 Å². The van der Waals surface area contributed by atoms with E-state index in [4.69, 9.17) is 34.8 Å². The van der Waals surface area contributed by atoms with Crippen LogP contribution in [0.1, 0.15) is 23.6 Å². The molecular weight excluding hydrogens is 523 g/mol. The van der Waals surface area contributed by atoms with Crippen LogP contribution in [0.5, 0.6) is 0 Å². The van der Waals surface area contributed by atoms with Crippen LogP contribution in [0, 0.1) is 0 Å². The van der Waals surface area contributed by atoms with Crippen LogP contribution in [0.4, 0.5) is 0 Å². The summed E-state index contributed by atoms with van der Waals surface area (Å²) in [5.74, 6) is 0.284. The highest BCUT2D eigenvalue weighted by Crippen LogP contribution is 2.29. The van der Waals surface area contributed by atoms with Crippen molar-refractivity contribution in [3.05, 3.63) is 105 Å². The number of rotatable bonds is 11. The van der Waals surface area contributed by atoms with Gasteiger partial charge in [-0.05, 0) is 41.8 Å².